The number of rotatable bonds is 5. The number of nitrogen functional groups attached to an aromatic ring is 1. The molecule has 1 aromatic heterocycles. The number of carbonyl (C=O) groups excluding carboxylic acids is 2. The van der Waals surface area contributed by atoms with Crippen molar-refractivity contribution in [2.75, 3.05) is 25.9 Å². The maximum atomic E-state index is 13.1. The minimum atomic E-state index is -4.92. The summed E-state index contributed by atoms with van der Waals surface area (Å²) in [6.45, 7) is -1.19. The highest BCUT2D eigenvalue weighted by atomic mass is 32.1. The molecule has 1 saturated heterocycles. The van der Waals surface area contributed by atoms with E-state index in [9.17, 15) is 27.6 Å². The number of nitrogens with zero attached hydrogens (tertiary/aromatic N) is 4. The minimum Gasteiger partial charge on any atom is -0.477 e. The zero-order chi connectivity index (χ0) is 21.5. The molecule has 0 aromatic carbocycles. The molecule has 2 aliphatic rings. The van der Waals surface area contributed by atoms with Crippen LogP contribution in [0.15, 0.2) is 21.8 Å². The number of aliphatic carboxylic acids is 1. The standard InChI is InChI=1S/C14H13F3N6O5S/c1-28-21-8(7-4-29-13(18)20-7)10(24)19-6-3-22-2-5(14(15,16)17)9(12(26)27)23(22)11(6)25/h4,6H,2-3H2,1H3,(H2,18,20)(H,19,24)(H,26,27)/b21-8-/t6-/m0/s1. The van der Waals surface area contributed by atoms with E-state index in [4.69, 9.17) is 10.8 Å². The molecule has 1 atom stereocenters. The Balaban J connectivity index is 1.82. The summed E-state index contributed by atoms with van der Waals surface area (Å²) < 4.78 is 39.3. The van der Waals surface area contributed by atoms with Crippen LogP contribution in [0.2, 0.25) is 0 Å². The van der Waals surface area contributed by atoms with Gasteiger partial charge in [0.15, 0.2) is 16.5 Å². The number of thiazole rings is 1. The van der Waals surface area contributed by atoms with Gasteiger partial charge in [0.25, 0.3) is 11.8 Å². The summed E-state index contributed by atoms with van der Waals surface area (Å²) in [4.78, 5) is 44.8. The highest BCUT2D eigenvalue weighted by Crippen LogP contribution is 2.38. The van der Waals surface area contributed by atoms with Gasteiger partial charge in [-0.05, 0) is 0 Å². The van der Waals surface area contributed by atoms with Gasteiger partial charge >= 0.3 is 12.1 Å². The maximum Gasteiger partial charge on any atom is 0.416 e. The third kappa shape index (κ3) is 3.73. The second-order valence-corrected chi connectivity index (χ2v) is 6.74. The summed E-state index contributed by atoms with van der Waals surface area (Å²) >= 11 is 1.03. The fourth-order valence-electron chi connectivity index (χ4n) is 2.90. The Hall–Kier alpha value is -3.20. The van der Waals surface area contributed by atoms with E-state index < -0.39 is 47.8 Å². The van der Waals surface area contributed by atoms with Gasteiger partial charge in [0, 0.05) is 11.9 Å². The lowest BCUT2D eigenvalue weighted by atomic mass is 10.1. The van der Waals surface area contributed by atoms with Crippen molar-refractivity contribution in [1.29, 1.82) is 0 Å². The highest BCUT2D eigenvalue weighted by Gasteiger charge is 2.54. The Morgan fingerprint density at radius 1 is 1.48 bits per heavy atom. The number of aromatic nitrogens is 1. The van der Waals surface area contributed by atoms with E-state index in [1.807, 2.05) is 0 Å². The summed E-state index contributed by atoms with van der Waals surface area (Å²) in [6.07, 6.45) is -4.92. The van der Waals surface area contributed by atoms with Crippen LogP contribution < -0.4 is 11.1 Å². The molecule has 1 aromatic rings. The number of anilines is 1. The van der Waals surface area contributed by atoms with Crippen molar-refractivity contribution in [3.8, 4) is 0 Å². The summed E-state index contributed by atoms with van der Waals surface area (Å²) in [5.74, 6) is -3.82. The Morgan fingerprint density at radius 3 is 2.69 bits per heavy atom. The Bertz CT molecular complexity index is 942. The molecule has 0 saturated carbocycles. The zero-order valence-electron chi connectivity index (χ0n) is 14.6. The van der Waals surface area contributed by atoms with Crippen LogP contribution in [0.3, 0.4) is 0 Å². The number of hydrazine groups is 1. The summed E-state index contributed by atoms with van der Waals surface area (Å²) in [5.41, 5.74) is 2.75. The quantitative estimate of drug-likeness (QED) is 0.416. The molecule has 15 heteroatoms. The molecular weight excluding hydrogens is 421 g/mol. The van der Waals surface area contributed by atoms with Crippen LogP contribution in [-0.4, -0.2) is 76.0 Å². The number of amides is 2. The number of halogens is 3. The largest absolute Gasteiger partial charge is 0.477 e. The lowest BCUT2D eigenvalue weighted by molar-refractivity contribution is -0.143. The van der Waals surface area contributed by atoms with Crippen LogP contribution in [0, 0.1) is 0 Å². The molecule has 0 unspecified atom stereocenters. The predicted octanol–water partition coefficient (Wildman–Crippen LogP) is -0.466. The van der Waals surface area contributed by atoms with Gasteiger partial charge in [0.1, 0.15) is 18.8 Å². The molecule has 3 heterocycles. The Kier molecular flexibility index (Phi) is 5.18. The first-order valence-electron chi connectivity index (χ1n) is 7.80. The zero-order valence-corrected chi connectivity index (χ0v) is 15.4. The van der Waals surface area contributed by atoms with Crippen LogP contribution in [0.25, 0.3) is 0 Å². The number of hydrogen-bond acceptors (Lipinski definition) is 9. The van der Waals surface area contributed by atoms with Crippen LogP contribution in [0.1, 0.15) is 5.69 Å². The number of carboxylic acids is 1. The molecule has 0 aliphatic carbocycles. The van der Waals surface area contributed by atoms with Crippen LogP contribution in [0.5, 0.6) is 0 Å². The molecule has 0 radical (unpaired) electrons. The van der Waals surface area contributed by atoms with Gasteiger partial charge in [-0.1, -0.05) is 5.16 Å². The smallest absolute Gasteiger partial charge is 0.416 e. The number of alkyl halides is 3. The van der Waals surface area contributed by atoms with E-state index in [-0.39, 0.29) is 23.1 Å². The molecule has 11 nitrogen and oxygen atoms in total. The van der Waals surface area contributed by atoms with Crippen molar-refractivity contribution in [1.82, 2.24) is 20.3 Å². The van der Waals surface area contributed by atoms with Crippen molar-refractivity contribution in [2.45, 2.75) is 12.2 Å². The summed E-state index contributed by atoms with van der Waals surface area (Å²) in [7, 11) is 1.17. The van der Waals surface area contributed by atoms with Gasteiger partial charge in [0.2, 0.25) is 0 Å². The van der Waals surface area contributed by atoms with E-state index in [1.54, 1.807) is 0 Å². The first-order chi connectivity index (χ1) is 13.5. The van der Waals surface area contributed by atoms with Gasteiger partial charge in [-0.2, -0.15) is 13.2 Å². The van der Waals surface area contributed by atoms with Crippen molar-refractivity contribution < 1.29 is 37.5 Å². The van der Waals surface area contributed by atoms with E-state index in [0.29, 0.717) is 5.01 Å². The third-order valence-electron chi connectivity index (χ3n) is 4.03. The predicted molar refractivity (Wildman–Crippen MR) is 91.1 cm³/mol. The van der Waals surface area contributed by atoms with E-state index in [0.717, 1.165) is 16.3 Å². The number of nitrogens with two attached hydrogens (primary N) is 1. The normalized spacial score (nSPS) is 20.3. The molecular formula is C14H13F3N6O5S. The van der Waals surface area contributed by atoms with Gasteiger partial charge in [-0.3, -0.25) is 9.59 Å². The number of nitrogens with one attached hydrogen (secondary N) is 1. The number of oxime groups is 1. The molecule has 4 N–H and O–H groups in total. The second-order valence-electron chi connectivity index (χ2n) is 5.85. The van der Waals surface area contributed by atoms with E-state index >= 15 is 0 Å². The molecule has 29 heavy (non-hydrogen) atoms. The lowest BCUT2D eigenvalue weighted by Gasteiger charge is -2.19. The van der Waals surface area contributed by atoms with Gasteiger partial charge in [-0.25, -0.2) is 19.8 Å². The molecule has 2 aliphatic heterocycles. The molecule has 0 bridgehead atoms. The summed E-state index contributed by atoms with van der Waals surface area (Å²) in [6, 6.07) is -1.30. The van der Waals surface area contributed by atoms with Crippen molar-refractivity contribution in [3.05, 3.63) is 22.3 Å². The Labute approximate surface area is 164 Å². The monoisotopic (exact) mass is 434 g/mol. The first-order valence-corrected chi connectivity index (χ1v) is 8.68. The van der Waals surface area contributed by atoms with E-state index in [2.05, 4.69) is 20.3 Å². The first kappa shape index (κ1) is 20.5. The van der Waals surface area contributed by atoms with Gasteiger partial charge in [0.05, 0.1) is 12.1 Å². The number of carbonyl (C=O) groups is 3. The fraction of sp³-hybridized carbons (Fsp3) is 0.357. The Morgan fingerprint density at radius 2 is 2.17 bits per heavy atom. The third-order valence-corrected chi connectivity index (χ3v) is 4.71. The average Bonchev–Trinajstić information content (AvgIpc) is 3.28. The van der Waals surface area contributed by atoms with Crippen molar-refractivity contribution in [2.24, 2.45) is 5.16 Å². The van der Waals surface area contributed by atoms with Gasteiger partial charge in [-0.15, -0.1) is 11.3 Å². The van der Waals surface area contributed by atoms with E-state index in [1.165, 1.54) is 12.5 Å². The maximum absolute atomic E-state index is 13.1. The number of fused-ring (bicyclic) bond motifs is 1. The molecule has 156 valence electrons. The van der Waals surface area contributed by atoms with Gasteiger partial charge < -0.3 is 21.0 Å². The van der Waals surface area contributed by atoms with Crippen LogP contribution >= 0.6 is 11.3 Å². The second kappa shape index (κ2) is 7.32. The van der Waals surface area contributed by atoms with Crippen molar-refractivity contribution >= 4 is 40.0 Å². The SMILES string of the molecule is CO/N=C(\C(=O)N[C@H]1CN2CC(C(F)(F)F)=C(C(=O)O)N2C1=O)c1csc(N)n1. The summed E-state index contributed by atoms with van der Waals surface area (Å²) in [5, 5.41) is 17.9. The molecule has 0 spiro atoms. The van der Waals surface area contributed by atoms with Crippen LogP contribution in [-0.2, 0) is 19.2 Å². The topological polar surface area (TPSA) is 150 Å². The number of carboxylic acid groups (broad SMARTS) is 1. The van der Waals surface area contributed by atoms with Crippen LogP contribution in [0.4, 0.5) is 18.3 Å². The number of hydrogen-bond donors (Lipinski definition) is 3. The molecule has 1 fully saturated rings. The highest BCUT2D eigenvalue weighted by molar-refractivity contribution is 7.13. The molecule has 2 amide bonds. The lowest BCUT2D eigenvalue weighted by Crippen LogP contribution is -2.46. The molecule has 3 rings (SSSR count). The minimum absolute atomic E-state index is 0.0728. The fourth-order valence-corrected chi connectivity index (χ4v) is 3.45. The average molecular weight is 434 g/mol. The van der Waals surface area contributed by atoms with Crippen molar-refractivity contribution in [3.63, 3.8) is 0 Å².